The first kappa shape index (κ1) is 17.8. The highest BCUT2D eigenvalue weighted by atomic mass is 28.4. The van der Waals surface area contributed by atoms with E-state index < -0.39 is 14.4 Å². The molecule has 2 aromatic heterocycles. The summed E-state index contributed by atoms with van der Waals surface area (Å²) in [5.74, 6) is 0. The van der Waals surface area contributed by atoms with Crippen molar-refractivity contribution in [3.8, 4) is 5.69 Å². The average Bonchev–Trinajstić information content (AvgIpc) is 2.97. The van der Waals surface area contributed by atoms with Gasteiger partial charge in [0, 0.05) is 12.4 Å². The van der Waals surface area contributed by atoms with Crippen molar-refractivity contribution in [2.75, 3.05) is 0 Å². The second-order valence-corrected chi connectivity index (χ2v) is 12.2. The second kappa shape index (κ2) is 6.55. The van der Waals surface area contributed by atoms with Gasteiger partial charge in [-0.25, -0.2) is 4.68 Å². The molecule has 0 aliphatic carbocycles. The SMILES string of the molecule is CC(O)c1nc(CO[Si](C)(C)C(C)(C)C)ccc1-n1cccn1. The normalized spacial score (nSPS) is 14.0. The van der Waals surface area contributed by atoms with Gasteiger partial charge >= 0.3 is 0 Å². The lowest BCUT2D eigenvalue weighted by Gasteiger charge is -2.36. The number of aromatic nitrogens is 3. The Bertz CT molecular complexity index is 646. The van der Waals surface area contributed by atoms with E-state index in [4.69, 9.17) is 4.43 Å². The van der Waals surface area contributed by atoms with Crippen LogP contribution in [0.1, 0.15) is 45.2 Å². The lowest BCUT2D eigenvalue weighted by Crippen LogP contribution is -2.40. The summed E-state index contributed by atoms with van der Waals surface area (Å²) in [6.07, 6.45) is 2.89. The van der Waals surface area contributed by atoms with E-state index in [0.717, 1.165) is 11.4 Å². The molecule has 1 atom stereocenters. The fourth-order valence-electron chi connectivity index (χ4n) is 1.97. The van der Waals surface area contributed by atoms with Gasteiger partial charge in [-0.1, -0.05) is 20.8 Å². The summed E-state index contributed by atoms with van der Waals surface area (Å²) in [5.41, 5.74) is 2.24. The predicted octanol–water partition coefficient (Wildman–Crippen LogP) is 3.84. The van der Waals surface area contributed by atoms with Crippen molar-refractivity contribution in [1.82, 2.24) is 14.8 Å². The van der Waals surface area contributed by atoms with Crippen LogP contribution in [0.15, 0.2) is 30.6 Å². The molecule has 0 saturated heterocycles. The third-order valence-electron chi connectivity index (χ3n) is 4.49. The lowest BCUT2D eigenvalue weighted by molar-refractivity contribution is 0.192. The molecule has 0 spiro atoms. The van der Waals surface area contributed by atoms with Gasteiger partial charge in [0.2, 0.25) is 0 Å². The molecule has 0 fully saturated rings. The zero-order valence-electron chi connectivity index (χ0n) is 14.9. The van der Waals surface area contributed by atoms with E-state index >= 15 is 0 Å². The van der Waals surface area contributed by atoms with Gasteiger partial charge in [-0.15, -0.1) is 0 Å². The summed E-state index contributed by atoms with van der Waals surface area (Å²) in [5, 5.41) is 14.4. The van der Waals surface area contributed by atoms with Gasteiger partial charge in [-0.2, -0.15) is 5.10 Å². The van der Waals surface area contributed by atoms with Crippen molar-refractivity contribution in [2.45, 2.75) is 58.5 Å². The monoisotopic (exact) mass is 333 g/mol. The zero-order valence-corrected chi connectivity index (χ0v) is 15.9. The first-order chi connectivity index (χ1) is 10.6. The van der Waals surface area contributed by atoms with E-state index in [1.807, 2.05) is 24.4 Å². The maximum Gasteiger partial charge on any atom is 0.192 e. The van der Waals surface area contributed by atoms with Crippen molar-refractivity contribution in [3.05, 3.63) is 42.0 Å². The summed E-state index contributed by atoms with van der Waals surface area (Å²) in [6, 6.07) is 5.72. The van der Waals surface area contributed by atoms with Crippen molar-refractivity contribution in [3.63, 3.8) is 0 Å². The molecule has 2 heterocycles. The fourth-order valence-corrected chi connectivity index (χ4v) is 2.92. The largest absolute Gasteiger partial charge is 0.411 e. The molecule has 1 unspecified atom stereocenters. The number of rotatable bonds is 5. The Morgan fingerprint density at radius 3 is 2.52 bits per heavy atom. The number of nitrogens with zero attached hydrogens (tertiary/aromatic N) is 3. The maximum absolute atomic E-state index is 10.0. The van der Waals surface area contributed by atoms with E-state index in [-0.39, 0.29) is 5.04 Å². The molecule has 1 N–H and O–H groups in total. The average molecular weight is 334 g/mol. The smallest absolute Gasteiger partial charge is 0.192 e. The van der Waals surface area contributed by atoms with Crippen molar-refractivity contribution in [2.24, 2.45) is 0 Å². The summed E-state index contributed by atoms with van der Waals surface area (Å²) in [7, 11) is -1.82. The Morgan fingerprint density at radius 1 is 1.30 bits per heavy atom. The van der Waals surface area contributed by atoms with Crippen molar-refractivity contribution < 1.29 is 9.53 Å². The summed E-state index contributed by atoms with van der Waals surface area (Å²) in [6.45, 7) is 13.3. The highest BCUT2D eigenvalue weighted by Crippen LogP contribution is 2.37. The first-order valence-corrected chi connectivity index (χ1v) is 10.8. The Hall–Kier alpha value is -1.50. The molecule has 0 bridgehead atoms. The predicted molar refractivity (Wildman–Crippen MR) is 94.0 cm³/mol. The van der Waals surface area contributed by atoms with Gasteiger partial charge in [0.15, 0.2) is 8.32 Å². The van der Waals surface area contributed by atoms with Crippen LogP contribution in [0.3, 0.4) is 0 Å². The van der Waals surface area contributed by atoms with Crippen molar-refractivity contribution in [1.29, 1.82) is 0 Å². The fraction of sp³-hybridized carbons (Fsp3) is 0.529. The van der Waals surface area contributed by atoms with Crippen LogP contribution in [-0.2, 0) is 11.0 Å². The van der Waals surface area contributed by atoms with Gasteiger partial charge in [-0.3, -0.25) is 4.98 Å². The van der Waals surface area contributed by atoms with Gasteiger partial charge in [0.05, 0.1) is 29.8 Å². The van der Waals surface area contributed by atoms with Gasteiger partial charge in [-0.05, 0) is 43.3 Å². The van der Waals surface area contributed by atoms with E-state index in [9.17, 15) is 5.11 Å². The number of hydrogen-bond donors (Lipinski definition) is 1. The molecule has 23 heavy (non-hydrogen) atoms. The Kier molecular flexibility index (Phi) is 5.08. The molecule has 2 rings (SSSR count). The van der Waals surface area contributed by atoms with Gasteiger partial charge in [0.1, 0.15) is 0 Å². The molecule has 2 aromatic rings. The van der Waals surface area contributed by atoms with Gasteiger partial charge in [0.25, 0.3) is 0 Å². The van der Waals surface area contributed by atoms with Crippen LogP contribution in [0.5, 0.6) is 0 Å². The van der Waals surface area contributed by atoms with Crippen LogP contribution in [0.25, 0.3) is 5.69 Å². The minimum atomic E-state index is -1.82. The first-order valence-electron chi connectivity index (χ1n) is 7.94. The van der Waals surface area contributed by atoms with E-state index in [1.54, 1.807) is 17.8 Å². The molecule has 0 radical (unpaired) electrons. The molecule has 126 valence electrons. The third kappa shape index (κ3) is 4.07. The second-order valence-electron chi connectivity index (χ2n) is 7.38. The molecule has 0 aliphatic rings. The summed E-state index contributed by atoms with van der Waals surface area (Å²) < 4.78 is 7.93. The summed E-state index contributed by atoms with van der Waals surface area (Å²) >= 11 is 0. The molecule has 6 heteroatoms. The third-order valence-corrected chi connectivity index (χ3v) is 8.97. The van der Waals surface area contributed by atoms with Crippen LogP contribution in [-0.4, -0.2) is 28.2 Å². The Labute approximate surface area is 139 Å². The van der Waals surface area contributed by atoms with Gasteiger partial charge < -0.3 is 9.53 Å². The quantitative estimate of drug-likeness (QED) is 0.845. The number of aliphatic hydroxyl groups excluding tert-OH is 1. The number of pyridine rings is 1. The van der Waals surface area contributed by atoms with Crippen LogP contribution in [0.4, 0.5) is 0 Å². The minimum Gasteiger partial charge on any atom is -0.411 e. The van der Waals surface area contributed by atoms with E-state index in [1.165, 1.54) is 0 Å². The molecular weight excluding hydrogens is 306 g/mol. The van der Waals surface area contributed by atoms with Crippen LogP contribution in [0.2, 0.25) is 18.1 Å². The van der Waals surface area contributed by atoms with Crippen LogP contribution < -0.4 is 0 Å². The number of hydrogen-bond acceptors (Lipinski definition) is 4. The highest BCUT2D eigenvalue weighted by Gasteiger charge is 2.37. The molecule has 0 aromatic carbocycles. The Balaban J connectivity index is 2.24. The molecule has 0 saturated carbocycles. The molecule has 0 amide bonds. The highest BCUT2D eigenvalue weighted by molar-refractivity contribution is 6.74. The molecular formula is C17H27N3O2Si. The minimum absolute atomic E-state index is 0.162. The molecule has 0 aliphatic heterocycles. The van der Waals surface area contributed by atoms with Crippen molar-refractivity contribution >= 4 is 8.32 Å². The standard InChI is InChI=1S/C17H27N3O2Si/c1-13(21)16-15(20-11-7-10-18-20)9-8-14(19-16)12-22-23(5,6)17(2,3)4/h7-11,13,21H,12H2,1-6H3. The maximum atomic E-state index is 10.0. The van der Waals surface area contributed by atoms with E-state index in [0.29, 0.717) is 12.3 Å². The lowest BCUT2D eigenvalue weighted by atomic mass is 10.2. The zero-order chi connectivity index (χ0) is 17.3. The molecule has 5 nitrogen and oxygen atoms in total. The summed E-state index contributed by atoms with van der Waals surface area (Å²) in [4.78, 5) is 4.60. The Morgan fingerprint density at radius 2 is 2.00 bits per heavy atom. The van der Waals surface area contributed by atoms with Crippen LogP contribution in [0, 0.1) is 0 Å². The number of aliphatic hydroxyl groups is 1. The topological polar surface area (TPSA) is 60.2 Å². The van der Waals surface area contributed by atoms with E-state index in [2.05, 4.69) is 43.9 Å². The van der Waals surface area contributed by atoms with Crippen LogP contribution >= 0.6 is 0 Å².